The van der Waals surface area contributed by atoms with Crippen molar-refractivity contribution in [2.24, 2.45) is 0 Å². The molecule has 3 rings (SSSR count). The van der Waals surface area contributed by atoms with Crippen molar-refractivity contribution in [3.05, 3.63) is 23.8 Å². The van der Waals surface area contributed by atoms with Crippen molar-refractivity contribution >= 4 is 26.7 Å². The highest BCUT2D eigenvalue weighted by Gasteiger charge is 2.32. The van der Waals surface area contributed by atoms with Gasteiger partial charge in [0, 0.05) is 6.61 Å². The molecule has 0 saturated carbocycles. The van der Waals surface area contributed by atoms with Crippen LogP contribution in [0, 0.1) is 0 Å². The van der Waals surface area contributed by atoms with Gasteiger partial charge in [-0.1, -0.05) is 11.3 Å². The Hall–Kier alpha value is -1.34. The van der Waals surface area contributed by atoms with Crippen LogP contribution in [-0.4, -0.2) is 23.7 Å². The van der Waals surface area contributed by atoms with Gasteiger partial charge in [0.2, 0.25) is 0 Å². The summed E-state index contributed by atoms with van der Waals surface area (Å²) in [6.07, 6.45) is -3.48. The quantitative estimate of drug-likeness (QED) is 0.913. The lowest BCUT2D eigenvalue weighted by Gasteiger charge is -2.22. The fourth-order valence-electron chi connectivity index (χ4n) is 2.18. The van der Waals surface area contributed by atoms with Crippen LogP contribution in [0.4, 0.5) is 18.3 Å². The van der Waals surface area contributed by atoms with Crippen LogP contribution in [0.3, 0.4) is 0 Å². The molecule has 20 heavy (non-hydrogen) atoms. The third kappa shape index (κ3) is 2.60. The van der Waals surface area contributed by atoms with Crippen molar-refractivity contribution in [2.45, 2.75) is 25.1 Å². The van der Waals surface area contributed by atoms with Gasteiger partial charge in [0.05, 0.1) is 27.9 Å². The second kappa shape index (κ2) is 4.60. The smallest absolute Gasteiger partial charge is 0.379 e. The second-order valence-corrected chi connectivity index (χ2v) is 6.22. The summed E-state index contributed by atoms with van der Waals surface area (Å²) in [4.78, 5) is 4.25. The van der Waals surface area contributed by atoms with E-state index >= 15 is 0 Å². The molecule has 2 heterocycles. The van der Waals surface area contributed by atoms with Crippen LogP contribution in [0.5, 0.6) is 0 Å². The Morgan fingerprint density at radius 3 is 2.85 bits per heavy atom. The standard InChI is InChI=1S/C13H13F3N2OS/c1-12(4-5-19-7-12)18-11-17-9-6-8(13(14,15)16)2-3-10(9)20-11/h2-3,6H,4-5,7H2,1H3,(H,17,18). The van der Waals surface area contributed by atoms with Crippen LogP contribution in [-0.2, 0) is 10.9 Å². The minimum Gasteiger partial charge on any atom is -0.379 e. The number of nitrogens with zero attached hydrogens (tertiary/aromatic N) is 1. The van der Waals surface area contributed by atoms with Crippen molar-refractivity contribution < 1.29 is 17.9 Å². The van der Waals surface area contributed by atoms with Crippen LogP contribution in [0.2, 0.25) is 0 Å². The summed E-state index contributed by atoms with van der Waals surface area (Å²) in [6, 6.07) is 3.64. The van der Waals surface area contributed by atoms with Gasteiger partial charge < -0.3 is 10.1 Å². The van der Waals surface area contributed by atoms with Gasteiger partial charge in [-0.05, 0) is 31.5 Å². The molecule has 0 bridgehead atoms. The zero-order valence-electron chi connectivity index (χ0n) is 10.8. The average Bonchev–Trinajstić information content (AvgIpc) is 2.92. The molecular weight excluding hydrogens is 289 g/mol. The summed E-state index contributed by atoms with van der Waals surface area (Å²) in [6.45, 7) is 3.29. The number of aromatic nitrogens is 1. The molecule has 108 valence electrons. The van der Waals surface area contributed by atoms with Gasteiger partial charge in [0.15, 0.2) is 5.13 Å². The lowest BCUT2D eigenvalue weighted by molar-refractivity contribution is -0.137. The number of rotatable bonds is 2. The van der Waals surface area contributed by atoms with Gasteiger partial charge in [0.1, 0.15) is 0 Å². The van der Waals surface area contributed by atoms with E-state index in [4.69, 9.17) is 4.74 Å². The SMILES string of the molecule is CC1(Nc2nc3cc(C(F)(F)F)ccc3s2)CCOC1. The maximum atomic E-state index is 12.7. The summed E-state index contributed by atoms with van der Waals surface area (Å²) in [5.74, 6) is 0. The van der Waals surface area contributed by atoms with Crippen molar-refractivity contribution in [2.75, 3.05) is 18.5 Å². The number of halogens is 3. The van der Waals surface area contributed by atoms with Gasteiger partial charge in [-0.3, -0.25) is 0 Å². The molecule has 2 aromatic rings. The minimum absolute atomic E-state index is 0.194. The molecule has 3 nitrogen and oxygen atoms in total. The predicted octanol–water partition coefficient (Wildman–Crippen LogP) is 3.91. The fourth-order valence-corrected chi connectivity index (χ4v) is 3.18. The highest BCUT2D eigenvalue weighted by molar-refractivity contribution is 7.22. The first-order valence-corrected chi connectivity index (χ1v) is 7.01. The molecule has 1 atom stereocenters. The summed E-state index contributed by atoms with van der Waals surface area (Å²) in [5, 5.41) is 3.90. The van der Waals surface area contributed by atoms with Gasteiger partial charge in [-0.25, -0.2) is 4.98 Å². The van der Waals surface area contributed by atoms with Crippen molar-refractivity contribution in [1.29, 1.82) is 0 Å². The zero-order chi connectivity index (χ0) is 14.4. The Labute approximate surface area is 117 Å². The first kappa shape index (κ1) is 13.6. The number of nitrogens with one attached hydrogen (secondary N) is 1. The molecule has 0 radical (unpaired) electrons. The van der Waals surface area contributed by atoms with Gasteiger partial charge in [0.25, 0.3) is 0 Å². The maximum absolute atomic E-state index is 12.7. The Balaban J connectivity index is 1.90. The van der Waals surface area contributed by atoms with E-state index in [0.717, 1.165) is 23.3 Å². The number of anilines is 1. The predicted molar refractivity (Wildman–Crippen MR) is 72.1 cm³/mol. The van der Waals surface area contributed by atoms with Gasteiger partial charge >= 0.3 is 6.18 Å². The monoisotopic (exact) mass is 302 g/mol. The van der Waals surface area contributed by atoms with Gasteiger partial charge in [-0.15, -0.1) is 0 Å². The highest BCUT2D eigenvalue weighted by Crippen LogP contribution is 2.35. The molecule has 0 aliphatic carbocycles. The molecular formula is C13H13F3N2OS. The van der Waals surface area contributed by atoms with Crippen molar-refractivity contribution in [3.8, 4) is 0 Å². The van der Waals surface area contributed by atoms with E-state index in [1.807, 2.05) is 6.92 Å². The number of hydrogen-bond acceptors (Lipinski definition) is 4. The zero-order valence-corrected chi connectivity index (χ0v) is 11.6. The molecule has 1 aromatic heterocycles. The van der Waals surface area contributed by atoms with E-state index < -0.39 is 11.7 Å². The van der Waals surface area contributed by atoms with E-state index in [9.17, 15) is 13.2 Å². The van der Waals surface area contributed by atoms with E-state index in [1.54, 1.807) is 0 Å². The van der Waals surface area contributed by atoms with Crippen LogP contribution < -0.4 is 5.32 Å². The number of thiazole rings is 1. The number of hydrogen-bond donors (Lipinski definition) is 1. The van der Waals surface area contributed by atoms with E-state index in [1.165, 1.54) is 17.4 Å². The summed E-state index contributed by atoms with van der Waals surface area (Å²) in [7, 11) is 0. The molecule has 1 aliphatic rings. The third-order valence-corrected chi connectivity index (χ3v) is 4.29. The lowest BCUT2D eigenvalue weighted by atomic mass is 10.0. The molecule has 7 heteroatoms. The second-order valence-electron chi connectivity index (χ2n) is 5.19. The largest absolute Gasteiger partial charge is 0.416 e. The lowest BCUT2D eigenvalue weighted by Crippen LogP contribution is -2.34. The Morgan fingerprint density at radius 2 is 2.20 bits per heavy atom. The maximum Gasteiger partial charge on any atom is 0.416 e. The molecule has 1 aliphatic heterocycles. The number of benzene rings is 1. The van der Waals surface area contributed by atoms with Crippen LogP contribution in [0.15, 0.2) is 18.2 Å². The first-order chi connectivity index (χ1) is 9.36. The Kier molecular flexibility index (Phi) is 3.13. The van der Waals surface area contributed by atoms with E-state index in [0.29, 0.717) is 23.9 Å². The topological polar surface area (TPSA) is 34.2 Å². The van der Waals surface area contributed by atoms with Crippen molar-refractivity contribution in [1.82, 2.24) is 4.98 Å². The minimum atomic E-state index is -4.34. The molecule has 0 amide bonds. The Morgan fingerprint density at radius 1 is 1.40 bits per heavy atom. The summed E-state index contributed by atoms with van der Waals surface area (Å²) < 4.78 is 44.0. The molecule has 1 N–H and O–H groups in total. The van der Waals surface area contributed by atoms with E-state index in [-0.39, 0.29) is 5.54 Å². The van der Waals surface area contributed by atoms with Crippen LogP contribution in [0.25, 0.3) is 10.2 Å². The summed E-state index contributed by atoms with van der Waals surface area (Å²) in [5.41, 5.74) is -0.493. The first-order valence-electron chi connectivity index (χ1n) is 6.19. The van der Waals surface area contributed by atoms with Crippen LogP contribution >= 0.6 is 11.3 Å². The third-order valence-electron chi connectivity index (χ3n) is 3.34. The number of alkyl halides is 3. The molecule has 1 saturated heterocycles. The molecule has 1 fully saturated rings. The normalized spacial score (nSPS) is 23.4. The number of ether oxygens (including phenoxy) is 1. The molecule has 1 unspecified atom stereocenters. The van der Waals surface area contributed by atoms with Crippen LogP contribution in [0.1, 0.15) is 18.9 Å². The highest BCUT2D eigenvalue weighted by atomic mass is 32.1. The van der Waals surface area contributed by atoms with Gasteiger partial charge in [-0.2, -0.15) is 13.2 Å². The fraction of sp³-hybridized carbons (Fsp3) is 0.462. The average molecular weight is 302 g/mol. The van der Waals surface area contributed by atoms with Crippen molar-refractivity contribution in [3.63, 3.8) is 0 Å². The van der Waals surface area contributed by atoms with E-state index in [2.05, 4.69) is 10.3 Å². The Bertz CT molecular complexity index is 632. The molecule has 0 spiro atoms. The molecule has 1 aromatic carbocycles. The number of fused-ring (bicyclic) bond motifs is 1. The summed E-state index contributed by atoms with van der Waals surface area (Å²) >= 11 is 1.36.